The Bertz CT molecular complexity index is 899. The minimum atomic E-state index is -0.0682. The Morgan fingerprint density at radius 1 is 1.28 bits per heavy atom. The molecule has 0 saturated heterocycles. The van der Waals surface area contributed by atoms with Crippen molar-refractivity contribution in [2.24, 2.45) is 5.92 Å². The molecule has 0 aliphatic heterocycles. The molecule has 0 radical (unpaired) electrons. The largest absolute Gasteiger partial charge is 0.507 e. The molecule has 3 heteroatoms. The number of allylic oxidation sites excluding steroid dienone is 3. The van der Waals surface area contributed by atoms with Crippen LogP contribution in [0.4, 0.5) is 0 Å². The lowest BCUT2D eigenvalue weighted by atomic mass is 9.73. The molecular weight excluding hydrogens is 358 g/mol. The number of unbranched alkanes of at least 4 members (excludes halogenated alkanes) is 2. The number of hydrogen-bond donors (Lipinski definition) is 2. The third-order valence-electron chi connectivity index (χ3n) is 6.11. The lowest BCUT2D eigenvalue weighted by Gasteiger charge is -2.32. The second-order valence-electron chi connectivity index (χ2n) is 8.42. The quantitative estimate of drug-likeness (QED) is 0.398. The van der Waals surface area contributed by atoms with Gasteiger partial charge in [0.25, 0.3) is 0 Å². The monoisotopic (exact) mass is 391 g/mol. The highest BCUT2D eigenvalue weighted by atomic mass is 16.3. The van der Waals surface area contributed by atoms with Crippen molar-refractivity contribution in [1.82, 2.24) is 4.98 Å². The van der Waals surface area contributed by atoms with Crippen LogP contribution in [0.15, 0.2) is 54.4 Å². The summed E-state index contributed by atoms with van der Waals surface area (Å²) in [6.45, 7) is 10.5. The van der Waals surface area contributed by atoms with E-state index in [0.717, 1.165) is 60.8 Å². The highest BCUT2D eigenvalue weighted by Crippen LogP contribution is 2.50. The average Bonchev–Trinajstić information content (AvgIpc) is 2.68. The van der Waals surface area contributed by atoms with Gasteiger partial charge in [0, 0.05) is 35.0 Å². The Morgan fingerprint density at radius 3 is 2.72 bits per heavy atom. The van der Waals surface area contributed by atoms with E-state index in [1.165, 1.54) is 5.57 Å². The molecule has 3 nitrogen and oxygen atoms in total. The number of aromatic nitrogens is 1. The van der Waals surface area contributed by atoms with Crippen LogP contribution >= 0.6 is 0 Å². The zero-order valence-electron chi connectivity index (χ0n) is 17.9. The van der Waals surface area contributed by atoms with Gasteiger partial charge in [0.15, 0.2) is 0 Å². The predicted molar refractivity (Wildman–Crippen MR) is 120 cm³/mol. The van der Waals surface area contributed by atoms with Gasteiger partial charge in [-0.05, 0) is 63.1 Å². The summed E-state index contributed by atoms with van der Waals surface area (Å²) in [4.78, 5) is 4.26. The number of phenols is 2. The molecule has 29 heavy (non-hydrogen) atoms. The molecule has 1 aliphatic carbocycles. The number of aromatic hydroxyl groups is 2. The van der Waals surface area contributed by atoms with E-state index in [2.05, 4.69) is 31.5 Å². The third kappa shape index (κ3) is 4.55. The van der Waals surface area contributed by atoms with Crippen molar-refractivity contribution in [3.8, 4) is 22.6 Å². The molecular formula is C26H33NO2. The maximum Gasteiger partial charge on any atom is 0.131 e. The van der Waals surface area contributed by atoms with Gasteiger partial charge in [-0.2, -0.15) is 0 Å². The Labute approximate surface area is 174 Å². The molecule has 1 heterocycles. The van der Waals surface area contributed by atoms with Crippen LogP contribution in [-0.2, 0) is 6.42 Å². The predicted octanol–water partition coefficient (Wildman–Crippen LogP) is 6.91. The van der Waals surface area contributed by atoms with Crippen LogP contribution in [0.1, 0.15) is 69.9 Å². The minimum Gasteiger partial charge on any atom is -0.507 e. The van der Waals surface area contributed by atoms with E-state index >= 15 is 0 Å². The highest BCUT2D eigenvalue weighted by Gasteiger charge is 2.32. The molecule has 0 bridgehead atoms. The first-order chi connectivity index (χ1) is 13.9. The van der Waals surface area contributed by atoms with E-state index in [1.807, 2.05) is 25.1 Å². The number of aryl methyl sites for hydroxylation is 1. The first kappa shape index (κ1) is 21.2. The van der Waals surface area contributed by atoms with Crippen molar-refractivity contribution >= 4 is 0 Å². The van der Waals surface area contributed by atoms with E-state index < -0.39 is 0 Å². The van der Waals surface area contributed by atoms with E-state index in [9.17, 15) is 10.2 Å². The smallest absolute Gasteiger partial charge is 0.131 e. The molecule has 1 aromatic carbocycles. The zero-order valence-corrected chi connectivity index (χ0v) is 17.9. The van der Waals surface area contributed by atoms with Crippen LogP contribution in [0.5, 0.6) is 11.5 Å². The van der Waals surface area contributed by atoms with Crippen molar-refractivity contribution in [1.29, 1.82) is 0 Å². The lowest BCUT2D eigenvalue weighted by Crippen LogP contribution is -2.17. The number of phenolic OH excluding ortho intramolecular Hbond substituents is 2. The molecule has 0 amide bonds. The van der Waals surface area contributed by atoms with E-state index in [4.69, 9.17) is 0 Å². The fourth-order valence-corrected chi connectivity index (χ4v) is 4.55. The molecule has 0 spiro atoms. The van der Waals surface area contributed by atoms with Gasteiger partial charge in [-0.1, -0.05) is 49.6 Å². The summed E-state index contributed by atoms with van der Waals surface area (Å²) in [5.74, 6) is 0.514. The minimum absolute atomic E-state index is 0.0682. The first-order valence-corrected chi connectivity index (χ1v) is 10.7. The normalized spacial score (nSPS) is 19.1. The van der Waals surface area contributed by atoms with Crippen LogP contribution < -0.4 is 0 Å². The van der Waals surface area contributed by atoms with Gasteiger partial charge in [-0.25, -0.2) is 0 Å². The number of nitrogens with zero attached hydrogens (tertiary/aromatic N) is 1. The second kappa shape index (κ2) is 9.30. The van der Waals surface area contributed by atoms with Gasteiger partial charge in [-0.15, -0.1) is 0 Å². The number of benzene rings is 1. The molecule has 2 N–H and O–H groups in total. The standard InChI is InChI=1S/C26H33NO2/c1-5-6-7-9-19-15-23(28)25(22-14-18(4)11-12-21(22)17(2)3)26(29)24(19)20-10-8-13-27-16-20/h8,10,13-16,21-22,28-29H,2,5-7,9,11-12H2,1,3-4H3/t21-,22+/m0/s1. The van der Waals surface area contributed by atoms with Gasteiger partial charge >= 0.3 is 0 Å². The van der Waals surface area contributed by atoms with Gasteiger partial charge in [0.05, 0.1) is 0 Å². The Morgan fingerprint density at radius 2 is 2.07 bits per heavy atom. The van der Waals surface area contributed by atoms with E-state index in [1.54, 1.807) is 12.4 Å². The maximum absolute atomic E-state index is 11.5. The maximum atomic E-state index is 11.5. The third-order valence-corrected chi connectivity index (χ3v) is 6.11. The summed E-state index contributed by atoms with van der Waals surface area (Å²) < 4.78 is 0. The van der Waals surface area contributed by atoms with E-state index in [0.29, 0.717) is 5.56 Å². The molecule has 2 aromatic rings. The topological polar surface area (TPSA) is 53.4 Å². The summed E-state index contributed by atoms with van der Waals surface area (Å²) in [5, 5.41) is 22.5. The summed E-state index contributed by atoms with van der Waals surface area (Å²) in [6.07, 6.45) is 11.8. The molecule has 2 atom stereocenters. The first-order valence-electron chi connectivity index (χ1n) is 10.7. The van der Waals surface area contributed by atoms with Crippen molar-refractivity contribution in [2.45, 2.75) is 65.2 Å². The van der Waals surface area contributed by atoms with Crippen LogP contribution in [0.25, 0.3) is 11.1 Å². The second-order valence-corrected chi connectivity index (χ2v) is 8.42. The van der Waals surface area contributed by atoms with Crippen LogP contribution in [0, 0.1) is 5.92 Å². The number of pyridine rings is 1. The van der Waals surface area contributed by atoms with Crippen LogP contribution in [0.3, 0.4) is 0 Å². The molecule has 3 rings (SSSR count). The molecule has 0 unspecified atom stereocenters. The molecule has 1 aromatic heterocycles. The zero-order chi connectivity index (χ0) is 21.0. The summed E-state index contributed by atoms with van der Waals surface area (Å²) in [5.41, 5.74) is 5.68. The van der Waals surface area contributed by atoms with Crippen molar-refractivity contribution < 1.29 is 10.2 Å². The van der Waals surface area contributed by atoms with Crippen LogP contribution in [-0.4, -0.2) is 15.2 Å². The SMILES string of the molecule is C=C(C)[C@@H]1CCC(C)=C[C@H]1c1c(O)cc(CCCCC)c(-c2cccnc2)c1O. The number of hydrogen-bond acceptors (Lipinski definition) is 3. The van der Waals surface area contributed by atoms with Gasteiger partial charge < -0.3 is 10.2 Å². The molecule has 0 fully saturated rings. The Hall–Kier alpha value is -2.55. The Kier molecular flexibility index (Phi) is 6.79. The summed E-state index contributed by atoms with van der Waals surface area (Å²) in [6, 6.07) is 5.73. The van der Waals surface area contributed by atoms with Crippen molar-refractivity contribution in [3.05, 3.63) is 65.5 Å². The lowest BCUT2D eigenvalue weighted by molar-refractivity contribution is 0.407. The van der Waals surface area contributed by atoms with E-state index in [-0.39, 0.29) is 23.3 Å². The number of rotatable bonds is 7. The Balaban J connectivity index is 2.18. The van der Waals surface area contributed by atoms with Gasteiger partial charge in [-0.3, -0.25) is 4.98 Å². The average molecular weight is 392 g/mol. The van der Waals surface area contributed by atoms with Gasteiger partial charge in [0.2, 0.25) is 0 Å². The summed E-state index contributed by atoms with van der Waals surface area (Å²) in [7, 11) is 0. The van der Waals surface area contributed by atoms with Crippen LogP contribution in [0.2, 0.25) is 0 Å². The molecule has 1 aliphatic rings. The fourth-order valence-electron chi connectivity index (χ4n) is 4.55. The molecule has 0 saturated carbocycles. The highest BCUT2D eigenvalue weighted by molar-refractivity contribution is 5.77. The molecule has 154 valence electrons. The fraction of sp³-hybridized carbons (Fsp3) is 0.423. The van der Waals surface area contributed by atoms with Gasteiger partial charge in [0.1, 0.15) is 11.5 Å². The van der Waals surface area contributed by atoms with Crippen molar-refractivity contribution in [3.63, 3.8) is 0 Å². The summed E-state index contributed by atoms with van der Waals surface area (Å²) >= 11 is 0. The van der Waals surface area contributed by atoms with Crippen molar-refractivity contribution in [2.75, 3.05) is 0 Å².